The van der Waals surface area contributed by atoms with Gasteiger partial charge in [0.05, 0.1) is 29.1 Å². The molecule has 2 fully saturated rings. The van der Waals surface area contributed by atoms with Crippen LogP contribution in [0.15, 0.2) is 32.3 Å². The minimum Gasteiger partial charge on any atom is -0.503 e. The molecule has 1 aliphatic heterocycles. The van der Waals surface area contributed by atoms with Gasteiger partial charge in [-0.3, -0.25) is 9.59 Å². The summed E-state index contributed by atoms with van der Waals surface area (Å²) in [6.07, 6.45) is 6.42. The fourth-order valence-corrected chi connectivity index (χ4v) is 4.92. The molecular weight excluding hydrogens is 468 g/mol. The molecule has 3 aliphatic rings. The predicted octanol–water partition coefficient (Wildman–Crippen LogP) is 3.46. The number of hydrogen-bond donors (Lipinski definition) is 1. The van der Waals surface area contributed by atoms with E-state index in [1.165, 1.54) is 6.21 Å². The Morgan fingerprint density at radius 2 is 1.85 bits per heavy atom. The summed E-state index contributed by atoms with van der Waals surface area (Å²) in [6, 6.07) is 1.61. The zero-order valence-electron chi connectivity index (χ0n) is 13.9. The third kappa shape index (κ3) is 2.53. The van der Waals surface area contributed by atoms with E-state index in [0.29, 0.717) is 26.9 Å². The highest BCUT2D eigenvalue weighted by molar-refractivity contribution is 9.13. The summed E-state index contributed by atoms with van der Waals surface area (Å²) in [5.41, 5.74) is 0.580. The SMILES string of the molecule is CCOc1cc(C=NN2C(=O)C3C4C=CC(C4)C3C2=O)c(Br)c(Br)c1O. The number of allylic oxidation sites excluding steroid dienone is 2. The van der Waals surface area contributed by atoms with Gasteiger partial charge in [0, 0.05) is 10.0 Å². The van der Waals surface area contributed by atoms with Crippen molar-refractivity contribution in [2.45, 2.75) is 13.3 Å². The molecule has 4 unspecified atom stereocenters. The van der Waals surface area contributed by atoms with Crippen LogP contribution in [0.25, 0.3) is 0 Å². The topological polar surface area (TPSA) is 79.2 Å². The maximum absolute atomic E-state index is 12.7. The molecule has 2 aliphatic carbocycles. The number of halogens is 2. The van der Waals surface area contributed by atoms with Crippen molar-refractivity contribution >= 4 is 49.9 Å². The lowest BCUT2D eigenvalue weighted by Gasteiger charge is -2.13. The molecule has 2 bridgehead atoms. The van der Waals surface area contributed by atoms with Crippen LogP contribution in [-0.2, 0) is 9.59 Å². The fraction of sp³-hybridized carbons (Fsp3) is 0.389. The number of ether oxygens (including phenoxy) is 1. The van der Waals surface area contributed by atoms with Crippen LogP contribution < -0.4 is 4.74 Å². The number of fused-ring (bicyclic) bond motifs is 5. The summed E-state index contributed by atoms with van der Waals surface area (Å²) in [5, 5.41) is 15.3. The lowest BCUT2D eigenvalue weighted by atomic mass is 9.85. The highest BCUT2D eigenvalue weighted by Crippen LogP contribution is 2.52. The van der Waals surface area contributed by atoms with Gasteiger partial charge >= 0.3 is 0 Å². The summed E-state index contributed by atoms with van der Waals surface area (Å²) < 4.78 is 6.38. The highest BCUT2D eigenvalue weighted by Gasteiger charge is 2.59. The molecule has 4 atom stereocenters. The Bertz CT molecular complexity index is 837. The van der Waals surface area contributed by atoms with Crippen molar-refractivity contribution in [3.8, 4) is 11.5 Å². The molecule has 26 heavy (non-hydrogen) atoms. The molecule has 1 aromatic carbocycles. The van der Waals surface area contributed by atoms with Gasteiger partial charge in [0.1, 0.15) is 0 Å². The number of imide groups is 1. The number of phenols is 1. The molecule has 1 saturated carbocycles. The van der Waals surface area contributed by atoms with E-state index in [0.717, 1.165) is 11.4 Å². The number of carbonyl (C=O) groups is 2. The van der Waals surface area contributed by atoms with Gasteiger partial charge in [-0.1, -0.05) is 12.2 Å². The third-order valence-electron chi connectivity index (χ3n) is 5.23. The van der Waals surface area contributed by atoms with Gasteiger partial charge < -0.3 is 9.84 Å². The lowest BCUT2D eigenvalue weighted by molar-refractivity contribution is -0.140. The molecule has 1 saturated heterocycles. The predicted molar refractivity (Wildman–Crippen MR) is 102 cm³/mol. The van der Waals surface area contributed by atoms with E-state index in [9.17, 15) is 14.7 Å². The second-order valence-electron chi connectivity index (χ2n) is 6.61. The van der Waals surface area contributed by atoms with E-state index >= 15 is 0 Å². The summed E-state index contributed by atoms with van der Waals surface area (Å²) in [5.74, 6) is -0.434. The minimum absolute atomic E-state index is 0.0265. The van der Waals surface area contributed by atoms with Crippen LogP contribution in [0, 0.1) is 23.7 Å². The number of hydrazone groups is 1. The molecule has 1 heterocycles. The highest BCUT2D eigenvalue weighted by atomic mass is 79.9. The second-order valence-corrected chi connectivity index (χ2v) is 8.19. The number of phenolic OH excluding ortho intramolecular Hbond substituents is 1. The molecule has 2 amide bonds. The van der Waals surface area contributed by atoms with Crippen LogP contribution in [0.1, 0.15) is 18.9 Å². The lowest BCUT2D eigenvalue weighted by Crippen LogP contribution is -2.28. The molecular formula is C18H16Br2N2O4. The number of carbonyl (C=O) groups excluding carboxylic acids is 2. The first-order valence-electron chi connectivity index (χ1n) is 8.38. The van der Waals surface area contributed by atoms with Crippen molar-refractivity contribution in [3.63, 3.8) is 0 Å². The van der Waals surface area contributed by atoms with Crippen molar-refractivity contribution in [1.29, 1.82) is 0 Å². The van der Waals surface area contributed by atoms with Crippen molar-refractivity contribution < 1.29 is 19.4 Å². The first-order chi connectivity index (χ1) is 12.4. The molecule has 0 spiro atoms. The quantitative estimate of drug-likeness (QED) is 0.404. The van der Waals surface area contributed by atoms with Gasteiger partial charge in [-0.2, -0.15) is 10.1 Å². The molecule has 136 valence electrons. The Morgan fingerprint density at radius 1 is 1.23 bits per heavy atom. The Hall–Kier alpha value is -1.67. The summed E-state index contributed by atoms with van der Waals surface area (Å²) in [6.45, 7) is 2.20. The number of hydrogen-bond acceptors (Lipinski definition) is 5. The first kappa shape index (κ1) is 17.7. The van der Waals surface area contributed by atoms with Gasteiger partial charge in [0.25, 0.3) is 11.8 Å². The number of aromatic hydroxyl groups is 1. The standard InChI is InChI=1S/C18H16Br2N2O4/c1-2-26-11-6-10(14(19)15(20)16(11)23)7-21-22-17(24)12-8-3-4-9(5-8)13(12)18(22)25/h3-4,6-9,12-13,23H,2,5H2,1H3. The maximum Gasteiger partial charge on any atom is 0.254 e. The Morgan fingerprint density at radius 3 is 2.42 bits per heavy atom. The summed E-state index contributed by atoms with van der Waals surface area (Å²) in [4.78, 5) is 25.3. The molecule has 0 radical (unpaired) electrons. The third-order valence-corrected chi connectivity index (χ3v) is 7.39. The van der Waals surface area contributed by atoms with Crippen LogP contribution in [0.5, 0.6) is 11.5 Å². The van der Waals surface area contributed by atoms with Crippen LogP contribution in [0.4, 0.5) is 0 Å². The van der Waals surface area contributed by atoms with Gasteiger partial charge in [-0.05, 0) is 63.1 Å². The summed E-state index contributed by atoms with van der Waals surface area (Å²) >= 11 is 6.68. The summed E-state index contributed by atoms with van der Waals surface area (Å²) in [7, 11) is 0. The van der Waals surface area contributed by atoms with Crippen molar-refractivity contribution in [3.05, 3.63) is 32.7 Å². The van der Waals surface area contributed by atoms with Gasteiger partial charge in [-0.25, -0.2) is 0 Å². The maximum atomic E-state index is 12.7. The average molecular weight is 484 g/mol. The Balaban J connectivity index is 1.63. The first-order valence-corrected chi connectivity index (χ1v) is 9.96. The molecule has 8 heteroatoms. The van der Waals surface area contributed by atoms with Crippen molar-refractivity contribution in [1.82, 2.24) is 5.01 Å². The Kier molecular flexibility index (Phi) is 4.43. The van der Waals surface area contributed by atoms with E-state index in [4.69, 9.17) is 4.74 Å². The molecule has 4 rings (SSSR count). The molecule has 1 N–H and O–H groups in total. The average Bonchev–Trinajstić information content (AvgIpc) is 3.30. The van der Waals surface area contributed by atoms with Gasteiger partial charge in [0.2, 0.25) is 0 Å². The molecule has 6 nitrogen and oxygen atoms in total. The Labute approximate surface area is 167 Å². The number of rotatable bonds is 4. The second kappa shape index (κ2) is 6.49. The number of amides is 2. The van der Waals surface area contributed by atoms with E-state index in [1.807, 2.05) is 19.1 Å². The molecule has 0 aromatic heterocycles. The fourth-order valence-electron chi connectivity index (χ4n) is 4.09. The van der Waals surface area contributed by atoms with Gasteiger partial charge in [0.15, 0.2) is 11.5 Å². The largest absolute Gasteiger partial charge is 0.503 e. The van der Waals surface area contributed by atoms with Crippen LogP contribution >= 0.6 is 31.9 Å². The monoisotopic (exact) mass is 482 g/mol. The van der Waals surface area contributed by atoms with E-state index in [-0.39, 0.29) is 41.2 Å². The zero-order valence-corrected chi connectivity index (χ0v) is 17.0. The number of nitrogens with zero attached hydrogens (tertiary/aromatic N) is 2. The van der Waals surface area contributed by atoms with Crippen molar-refractivity contribution in [2.24, 2.45) is 28.8 Å². The van der Waals surface area contributed by atoms with E-state index in [2.05, 4.69) is 37.0 Å². The smallest absolute Gasteiger partial charge is 0.254 e. The molecule has 1 aromatic rings. The van der Waals surface area contributed by atoms with Crippen LogP contribution in [0.2, 0.25) is 0 Å². The van der Waals surface area contributed by atoms with Crippen molar-refractivity contribution in [2.75, 3.05) is 6.61 Å². The normalized spacial score (nSPS) is 29.3. The van der Waals surface area contributed by atoms with Gasteiger partial charge in [-0.15, -0.1) is 0 Å². The van der Waals surface area contributed by atoms with Crippen LogP contribution in [0.3, 0.4) is 0 Å². The zero-order chi connectivity index (χ0) is 18.6. The van der Waals surface area contributed by atoms with Crippen LogP contribution in [-0.4, -0.2) is 34.8 Å². The van der Waals surface area contributed by atoms with E-state index in [1.54, 1.807) is 6.07 Å². The minimum atomic E-state index is -0.274. The van der Waals surface area contributed by atoms with E-state index < -0.39 is 0 Å². The number of benzene rings is 1.